The Kier molecular flexibility index (Phi) is 6.50. The summed E-state index contributed by atoms with van der Waals surface area (Å²) in [5.41, 5.74) is 1.04. The van der Waals surface area contributed by atoms with E-state index in [0.717, 1.165) is 28.0 Å². The van der Waals surface area contributed by atoms with E-state index in [1.165, 1.54) is 12.1 Å². The Balaban J connectivity index is 1.49. The van der Waals surface area contributed by atoms with Crippen LogP contribution in [-0.2, 0) is 19.3 Å². The molecule has 8 nitrogen and oxygen atoms in total. The predicted octanol–water partition coefficient (Wildman–Crippen LogP) is 4.79. The van der Waals surface area contributed by atoms with E-state index in [4.69, 9.17) is 13.7 Å². The van der Waals surface area contributed by atoms with Crippen LogP contribution in [0, 0.1) is 6.92 Å². The molecule has 0 aliphatic heterocycles. The van der Waals surface area contributed by atoms with Crippen molar-refractivity contribution in [1.82, 2.24) is 14.7 Å². The van der Waals surface area contributed by atoms with Gasteiger partial charge in [-0.1, -0.05) is 24.3 Å². The number of alkyl halides is 3. The van der Waals surface area contributed by atoms with Gasteiger partial charge in [-0.05, 0) is 49.8 Å². The van der Waals surface area contributed by atoms with E-state index in [2.05, 4.69) is 4.98 Å². The number of nitrogens with one attached hydrogen (secondary N) is 1. The van der Waals surface area contributed by atoms with Crippen molar-refractivity contribution in [3.8, 4) is 17.2 Å². The first kappa shape index (κ1) is 23.9. The topological polar surface area (TPSA) is 103 Å². The molecule has 182 valence electrons. The molecule has 4 rings (SSSR count). The maximum absolute atomic E-state index is 12.8. The molecule has 2 aromatic heterocycles. The first-order valence-corrected chi connectivity index (χ1v) is 10.4. The van der Waals surface area contributed by atoms with Crippen molar-refractivity contribution in [2.45, 2.75) is 33.2 Å². The minimum absolute atomic E-state index is 0.0522. The van der Waals surface area contributed by atoms with Crippen molar-refractivity contribution in [3.05, 3.63) is 98.2 Å². The first-order valence-electron chi connectivity index (χ1n) is 10.4. The molecule has 0 amide bonds. The molecular weight excluding hydrogens is 467 g/mol. The molecule has 0 aliphatic rings. The van der Waals surface area contributed by atoms with Gasteiger partial charge in [-0.2, -0.15) is 13.2 Å². The number of aromatic amines is 1. The summed E-state index contributed by atoms with van der Waals surface area (Å²) in [6.07, 6.45) is -2.71. The number of hydrogen-bond acceptors (Lipinski definition) is 6. The fourth-order valence-corrected chi connectivity index (χ4v) is 3.32. The average molecular weight is 487 g/mol. The van der Waals surface area contributed by atoms with Crippen LogP contribution in [0.25, 0.3) is 17.0 Å². The summed E-state index contributed by atoms with van der Waals surface area (Å²) < 4.78 is 55.7. The molecule has 2 aromatic carbocycles. The Bertz CT molecular complexity index is 1470. The first-order chi connectivity index (χ1) is 16.6. The molecule has 0 aliphatic carbocycles. The number of H-pyrrole nitrogens is 1. The lowest BCUT2D eigenvalue weighted by atomic mass is 10.1. The number of allylic oxidation sites excluding steroid dienone is 2. The number of oxazole rings is 1. The highest BCUT2D eigenvalue weighted by Gasteiger charge is 2.30. The van der Waals surface area contributed by atoms with E-state index in [1.807, 2.05) is 24.0 Å². The summed E-state index contributed by atoms with van der Waals surface area (Å²) >= 11 is 0. The summed E-state index contributed by atoms with van der Waals surface area (Å²) in [5.74, 6) is 0.384. The largest absolute Gasteiger partial charge is 0.487 e. The molecule has 0 unspecified atom stereocenters. The van der Waals surface area contributed by atoms with Crippen LogP contribution >= 0.6 is 0 Å². The number of aryl methyl sites for hydroxylation is 1. The minimum Gasteiger partial charge on any atom is -0.487 e. The van der Waals surface area contributed by atoms with Crippen molar-refractivity contribution in [2.75, 3.05) is 0 Å². The number of halogens is 3. The Morgan fingerprint density at radius 2 is 1.86 bits per heavy atom. The van der Waals surface area contributed by atoms with E-state index in [9.17, 15) is 22.8 Å². The van der Waals surface area contributed by atoms with Gasteiger partial charge < -0.3 is 13.7 Å². The number of aromatic nitrogens is 3. The SMILES string of the molecule is C/C(=C\Cn1oc(=O)[nH]c1=O)c1ccccc1OCc1nc(-c2ccc(C(F)(F)F)cc2)oc1C. The Labute approximate surface area is 196 Å². The van der Waals surface area contributed by atoms with Crippen LogP contribution in [0.15, 0.2) is 73.1 Å². The zero-order chi connectivity index (χ0) is 25.2. The van der Waals surface area contributed by atoms with Gasteiger partial charge in [0.1, 0.15) is 23.8 Å². The highest BCUT2D eigenvalue weighted by molar-refractivity contribution is 5.68. The maximum atomic E-state index is 12.8. The van der Waals surface area contributed by atoms with Crippen LogP contribution in [0.5, 0.6) is 5.75 Å². The zero-order valence-electron chi connectivity index (χ0n) is 18.7. The molecular formula is C24H20F3N3O5. The fraction of sp³-hybridized carbons (Fsp3) is 0.208. The number of nitrogens with zero attached hydrogens (tertiary/aromatic N) is 2. The van der Waals surface area contributed by atoms with Gasteiger partial charge in [-0.25, -0.2) is 19.6 Å². The number of benzene rings is 2. The quantitative estimate of drug-likeness (QED) is 0.402. The van der Waals surface area contributed by atoms with Crippen molar-refractivity contribution in [1.29, 1.82) is 0 Å². The van der Waals surface area contributed by atoms with Gasteiger partial charge in [0, 0.05) is 11.1 Å². The molecule has 0 saturated carbocycles. The van der Waals surface area contributed by atoms with Gasteiger partial charge in [0.15, 0.2) is 0 Å². The van der Waals surface area contributed by atoms with E-state index < -0.39 is 23.2 Å². The van der Waals surface area contributed by atoms with E-state index in [-0.39, 0.29) is 19.0 Å². The van der Waals surface area contributed by atoms with E-state index in [1.54, 1.807) is 25.1 Å². The number of ether oxygens (including phenoxy) is 1. The van der Waals surface area contributed by atoms with Crippen LogP contribution in [0.4, 0.5) is 13.2 Å². The summed E-state index contributed by atoms with van der Waals surface area (Å²) in [6.45, 7) is 3.63. The zero-order valence-corrected chi connectivity index (χ0v) is 18.7. The monoisotopic (exact) mass is 487 g/mol. The van der Waals surface area contributed by atoms with Gasteiger partial charge in [0.05, 0.1) is 12.1 Å². The Hall–Kier alpha value is -4.28. The lowest BCUT2D eigenvalue weighted by molar-refractivity contribution is -0.137. The van der Waals surface area contributed by atoms with Crippen LogP contribution in [0.2, 0.25) is 0 Å². The second-order valence-corrected chi connectivity index (χ2v) is 7.64. The van der Waals surface area contributed by atoms with Crippen LogP contribution < -0.4 is 16.2 Å². The molecule has 35 heavy (non-hydrogen) atoms. The molecule has 1 N–H and O–H groups in total. The normalized spacial score (nSPS) is 12.2. The molecule has 0 atom stereocenters. The van der Waals surface area contributed by atoms with Gasteiger partial charge in [0.2, 0.25) is 5.89 Å². The van der Waals surface area contributed by atoms with Gasteiger partial charge >= 0.3 is 17.6 Å². The van der Waals surface area contributed by atoms with Crippen LogP contribution in [-0.4, -0.2) is 14.7 Å². The lowest BCUT2D eigenvalue weighted by Gasteiger charge is -2.11. The molecule has 2 heterocycles. The fourth-order valence-electron chi connectivity index (χ4n) is 3.32. The van der Waals surface area contributed by atoms with Crippen LogP contribution in [0.3, 0.4) is 0 Å². The van der Waals surface area contributed by atoms with E-state index >= 15 is 0 Å². The third-order valence-electron chi connectivity index (χ3n) is 5.22. The second-order valence-electron chi connectivity index (χ2n) is 7.64. The predicted molar refractivity (Wildman–Crippen MR) is 120 cm³/mol. The van der Waals surface area contributed by atoms with Crippen molar-refractivity contribution in [3.63, 3.8) is 0 Å². The number of rotatable bonds is 7. The van der Waals surface area contributed by atoms with Gasteiger partial charge in [-0.3, -0.25) is 0 Å². The number of para-hydroxylation sites is 1. The third-order valence-corrected chi connectivity index (χ3v) is 5.22. The minimum atomic E-state index is -4.42. The molecule has 0 fully saturated rings. The van der Waals surface area contributed by atoms with Crippen molar-refractivity contribution in [2.24, 2.45) is 0 Å². The molecule has 0 spiro atoms. The highest BCUT2D eigenvalue weighted by atomic mass is 19.4. The Morgan fingerprint density at radius 1 is 1.14 bits per heavy atom. The van der Waals surface area contributed by atoms with Crippen LogP contribution in [0.1, 0.15) is 29.5 Å². The highest BCUT2D eigenvalue weighted by Crippen LogP contribution is 2.32. The molecule has 0 saturated heterocycles. The summed E-state index contributed by atoms with van der Waals surface area (Å²) in [5, 5.41) is 0. The van der Waals surface area contributed by atoms with Crippen molar-refractivity contribution < 1.29 is 26.8 Å². The Morgan fingerprint density at radius 3 is 2.51 bits per heavy atom. The summed E-state index contributed by atoms with van der Waals surface area (Å²) in [6, 6.07) is 11.8. The summed E-state index contributed by atoms with van der Waals surface area (Å²) in [4.78, 5) is 29.1. The molecule has 0 bridgehead atoms. The third kappa shape index (κ3) is 5.45. The van der Waals surface area contributed by atoms with Gasteiger partial charge in [0.25, 0.3) is 0 Å². The molecule has 11 heteroatoms. The summed E-state index contributed by atoms with van der Waals surface area (Å²) in [7, 11) is 0. The standard InChI is InChI=1S/C24H20F3N3O5/c1-14(11-12-30-22(31)29-23(32)35-30)18-5-3-4-6-20(18)33-13-19-15(2)34-21(28-19)16-7-9-17(10-8-16)24(25,26)27/h3-11H,12-13H2,1-2H3,(H,29,31,32)/b14-11+. The van der Waals surface area contributed by atoms with Crippen molar-refractivity contribution >= 4 is 5.57 Å². The molecule has 4 aromatic rings. The lowest BCUT2D eigenvalue weighted by Crippen LogP contribution is -2.16. The second kappa shape index (κ2) is 9.53. The maximum Gasteiger partial charge on any atom is 0.440 e. The smallest absolute Gasteiger partial charge is 0.440 e. The van der Waals surface area contributed by atoms with E-state index in [0.29, 0.717) is 22.8 Å². The molecule has 0 radical (unpaired) electrons. The number of hydrogen-bond donors (Lipinski definition) is 1. The average Bonchev–Trinajstić information content (AvgIpc) is 3.36. The van der Waals surface area contributed by atoms with Gasteiger partial charge in [-0.15, -0.1) is 4.74 Å².